The third kappa shape index (κ3) is 8.89. The van der Waals surface area contributed by atoms with Crippen molar-refractivity contribution in [3.63, 3.8) is 0 Å². The Bertz CT molecular complexity index is 1910. The molecule has 6 rings (SSSR count). The maximum Gasteiger partial charge on any atom is 0.335 e. The standard InChI is InChI=1S/C41H46N4O6S/c1-25(2)45(33-20-14-29(15-21-33)41(50)51)24-27-6-5-7-30(22-27)37(46)44-39-36(34-8-3-4-9-35(34)52-39)38(47)43-32-16-10-26(11-17-32)23-42-31-18-12-28(13-19-31)40(48)49/h5-7,10-13,16-19,22,25,29,33,42H,3-4,8-9,14-15,20-21,23-24H2,1-2H3,(H,43,47)(H,44,46)(H,48,49)(H,50,51). The van der Waals surface area contributed by atoms with E-state index in [0.717, 1.165) is 65.8 Å². The van der Waals surface area contributed by atoms with Gasteiger partial charge in [0.1, 0.15) is 5.00 Å². The minimum atomic E-state index is -0.966. The van der Waals surface area contributed by atoms with Crippen LogP contribution in [0.25, 0.3) is 0 Å². The summed E-state index contributed by atoms with van der Waals surface area (Å²) in [4.78, 5) is 53.8. The normalized spacial score (nSPS) is 17.0. The van der Waals surface area contributed by atoms with E-state index in [-0.39, 0.29) is 29.3 Å². The molecule has 272 valence electrons. The van der Waals surface area contributed by atoms with Crippen LogP contribution >= 0.6 is 11.3 Å². The van der Waals surface area contributed by atoms with E-state index >= 15 is 0 Å². The van der Waals surface area contributed by atoms with Crippen molar-refractivity contribution in [3.05, 3.63) is 111 Å². The maximum atomic E-state index is 13.9. The molecular formula is C41H46N4O6S. The number of carboxylic acids is 2. The molecular weight excluding hydrogens is 677 g/mol. The quantitative estimate of drug-likeness (QED) is 0.0926. The number of fused-ring (bicyclic) bond motifs is 1. The van der Waals surface area contributed by atoms with E-state index in [9.17, 15) is 24.3 Å². The number of aliphatic carboxylic acids is 1. The monoisotopic (exact) mass is 722 g/mol. The van der Waals surface area contributed by atoms with Crippen LogP contribution in [-0.4, -0.2) is 50.9 Å². The molecule has 0 aliphatic heterocycles. The number of amides is 2. The Kier molecular flexibility index (Phi) is 11.7. The number of rotatable bonds is 13. The molecule has 2 amide bonds. The molecule has 4 aromatic rings. The summed E-state index contributed by atoms with van der Waals surface area (Å²) in [6.07, 6.45) is 6.77. The predicted molar refractivity (Wildman–Crippen MR) is 205 cm³/mol. The van der Waals surface area contributed by atoms with Crippen molar-refractivity contribution in [1.82, 2.24) is 4.90 Å². The van der Waals surface area contributed by atoms with Crippen molar-refractivity contribution in [2.45, 2.75) is 90.4 Å². The van der Waals surface area contributed by atoms with Crippen LogP contribution in [0.3, 0.4) is 0 Å². The van der Waals surface area contributed by atoms with Gasteiger partial charge in [-0.05, 0) is 130 Å². The molecule has 0 spiro atoms. The highest BCUT2D eigenvalue weighted by Gasteiger charge is 2.31. The van der Waals surface area contributed by atoms with Crippen LogP contribution in [-0.2, 0) is 30.7 Å². The second kappa shape index (κ2) is 16.6. The summed E-state index contributed by atoms with van der Waals surface area (Å²) in [5, 5.41) is 28.5. The molecule has 1 heterocycles. The Morgan fingerprint density at radius 2 is 1.48 bits per heavy atom. The maximum absolute atomic E-state index is 13.9. The summed E-state index contributed by atoms with van der Waals surface area (Å²) in [5.41, 5.74) is 5.75. The second-order valence-electron chi connectivity index (χ2n) is 14.1. The minimum Gasteiger partial charge on any atom is -0.481 e. The minimum absolute atomic E-state index is 0.230. The van der Waals surface area contributed by atoms with Gasteiger partial charge in [0.05, 0.1) is 17.0 Å². The number of aryl methyl sites for hydroxylation is 1. The van der Waals surface area contributed by atoms with Crippen molar-refractivity contribution in [3.8, 4) is 0 Å². The lowest BCUT2D eigenvalue weighted by molar-refractivity contribution is -0.143. The average molecular weight is 723 g/mol. The summed E-state index contributed by atoms with van der Waals surface area (Å²) < 4.78 is 0. The Balaban J connectivity index is 1.12. The lowest BCUT2D eigenvalue weighted by Gasteiger charge is -2.38. The highest BCUT2D eigenvalue weighted by molar-refractivity contribution is 7.17. The molecule has 1 saturated carbocycles. The van der Waals surface area contributed by atoms with Gasteiger partial charge in [-0.15, -0.1) is 11.3 Å². The fraction of sp³-hybridized carbons (Fsp3) is 0.366. The Hall–Kier alpha value is -5.00. The number of carboxylic acid groups (broad SMARTS) is 2. The number of nitrogens with zero attached hydrogens (tertiary/aromatic N) is 1. The van der Waals surface area contributed by atoms with Crippen LogP contribution in [0, 0.1) is 5.92 Å². The first kappa shape index (κ1) is 36.8. The van der Waals surface area contributed by atoms with Gasteiger partial charge >= 0.3 is 11.9 Å². The van der Waals surface area contributed by atoms with Crippen LogP contribution in [0.4, 0.5) is 16.4 Å². The van der Waals surface area contributed by atoms with Crippen molar-refractivity contribution in [2.24, 2.45) is 5.92 Å². The molecule has 0 saturated heterocycles. The van der Waals surface area contributed by atoms with Gasteiger partial charge in [0.25, 0.3) is 11.8 Å². The zero-order valence-electron chi connectivity index (χ0n) is 29.6. The van der Waals surface area contributed by atoms with E-state index in [1.807, 2.05) is 42.5 Å². The Morgan fingerprint density at radius 3 is 2.15 bits per heavy atom. The summed E-state index contributed by atoms with van der Waals surface area (Å²) in [6, 6.07) is 22.3. The van der Waals surface area contributed by atoms with Gasteiger partial charge in [0.2, 0.25) is 0 Å². The molecule has 1 aromatic heterocycles. The highest BCUT2D eigenvalue weighted by Crippen LogP contribution is 2.39. The smallest absolute Gasteiger partial charge is 0.335 e. The van der Waals surface area contributed by atoms with Crippen molar-refractivity contribution in [2.75, 3.05) is 16.0 Å². The number of carbonyl (C=O) groups excluding carboxylic acids is 2. The molecule has 1 fully saturated rings. The van der Waals surface area contributed by atoms with Crippen molar-refractivity contribution in [1.29, 1.82) is 0 Å². The third-order valence-corrected chi connectivity index (χ3v) is 11.4. The Morgan fingerprint density at radius 1 is 0.788 bits per heavy atom. The summed E-state index contributed by atoms with van der Waals surface area (Å²) in [7, 11) is 0. The van der Waals surface area contributed by atoms with Crippen LogP contribution in [0.2, 0.25) is 0 Å². The highest BCUT2D eigenvalue weighted by atomic mass is 32.1. The number of benzene rings is 3. The number of hydrogen-bond donors (Lipinski definition) is 5. The first-order chi connectivity index (χ1) is 25.0. The molecule has 0 unspecified atom stereocenters. The number of hydrogen-bond acceptors (Lipinski definition) is 7. The molecule has 0 radical (unpaired) electrons. The number of anilines is 3. The van der Waals surface area contributed by atoms with E-state index in [0.29, 0.717) is 53.8 Å². The number of aromatic carboxylic acids is 1. The molecule has 2 aliphatic rings. The largest absolute Gasteiger partial charge is 0.481 e. The summed E-state index contributed by atoms with van der Waals surface area (Å²) in [6.45, 7) is 5.50. The predicted octanol–water partition coefficient (Wildman–Crippen LogP) is 8.30. The SMILES string of the molecule is CC(C)N(Cc1cccc(C(=O)Nc2sc3c(c2C(=O)Nc2ccc(CNc4ccc(C(=O)O)cc4)cc2)CCCC3)c1)C1CCC(C(=O)O)CC1. The van der Waals surface area contributed by atoms with Gasteiger partial charge in [-0.3, -0.25) is 19.3 Å². The van der Waals surface area contributed by atoms with Crippen molar-refractivity contribution >= 4 is 51.5 Å². The molecule has 3 aromatic carbocycles. The number of carbonyl (C=O) groups is 4. The van der Waals surface area contributed by atoms with Gasteiger partial charge in [-0.1, -0.05) is 24.3 Å². The Labute approximate surface area is 308 Å². The van der Waals surface area contributed by atoms with Crippen molar-refractivity contribution < 1.29 is 29.4 Å². The van der Waals surface area contributed by atoms with Crippen LogP contribution in [0.5, 0.6) is 0 Å². The zero-order chi connectivity index (χ0) is 36.8. The summed E-state index contributed by atoms with van der Waals surface area (Å²) >= 11 is 1.49. The molecule has 0 atom stereocenters. The molecule has 0 bridgehead atoms. The molecule has 5 N–H and O–H groups in total. The lowest BCUT2D eigenvalue weighted by Crippen LogP contribution is -2.42. The number of nitrogens with one attached hydrogen (secondary N) is 3. The first-order valence-electron chi connectivity index (χ1n) is 18.1. The molecule has 10 nitrogen and oxygen atoms in total. The average Bonchev–Trinajstić information content (AvgIpc) is 3.51. The fourth-order valence-corrected chi connectivity index (χ4v) is 8.60. The fourth-order valence-electron chi connectivity index (χ4n) is 7.31. The van der Waals surface area contributed by atoms with Crippen LogP contribution in [0.15, 0.2) is 72.8 Å². The second-order valence-corrected chi connectivity index (χ2v) is 15.2. The first-order valence-corrected chi connectivity index (χ1v) is 18.9. The van der Waals surface area contributed by atoms with Gasteiger partial charge in [0, 0.05) is 47.0 Å². The molecule has 2 aliphatic carbocycles. The van der Waals surface area contributed by atoms with Gasteiger partial charge in [-0.25, -0.2) is 4.79 Å². The van der Waals surface area contributed by atoms with Gasteiger partial charge in [0.15, 0.2) is 0 Å². The molecule has 11 heteroatoms. The van der Waals surface area contributed by atoms with E-state index in [2.05, 4.69) is 34.7 Å². The van der Waals surface area contributed by atoms with E-state index in [1.165, 1.54) is 11.3 Å². The summed E-state index contributed by atoms with van der Waals surface area (Å²) in [5.74, 6) is -2.45. The zero-order valence-corrected chi connectivity index (χ0v) is 30.4. The van der Waals surface area contributed by atoms with Gasteiger partial charge < -0.3 is 26.2 Å². The van der Waals surface area contributed by atoms with Crippen LogP contribution < -0.4 is 16.0 Å². The van der Waals surface area contributed by atoms with E-state index in [4.69, 9.17) is 5.11 Å². The van der Waals surface area contributed by atoms with Gasteiger partial charge in [-0.2, -0.15) is 0 Å². The molecule has 52 heavy (non-hydrogen) atoms. The van der Waals surface area contributed by atoms with Crippen LogP contribution in [0.1, 0.15) is 105 Å². The van der Waals surface area contributed by atoms with E-state index < -0.39 is 11.9 Å². The third-order valence-electron chi connectivity index (χ3n) is 10.2. The number of thiophene rings is 1. The van der Waals surface area contributed by atoms with E-state index in [1.54, 1.807) is 30.3 Å². The topological polar surface area (TPSA) is 148 Å². The lowest BCUT2D eigenvalue weighted by atomic mass is 9.85.